The maximum atomic E-state index is 14.9. The Morgan fingerprint density at radius 3 is 2.41 bits per heavy atom. The number of carbonyl (C=O) groups excluding carboxylic acids is 2. The van der Waals surface area contributed by atoms with E-state index < -0.39 is 28.1 Å². The van der Waals surface area contributed by atoms with E-state index in [9.17, 15) is 23.1 Å². The summed E-state index contributed by atoms with van der Waals surface area (Å²) in [5.41, 5.74) is 3.34. The van der Waals surface area contributed by atoms with Crippen molar-refractivity contribution < 1.29 is 23.1 Å². The van der Waals surface area contributed by atoms with Crippen LogP contribution in [0, 0.1) is 9.49 Å². The lowest BCUT2D eigenvalue weighted by Crippen LogP contribution is -2.58. The standard InChI is InChI=1S/C42H44IN5O5S/c1-3-5-19-47(20-6-4-2)42-44-18-17-37(45-42)35-16-13-29(40(50)46-54(52,53)34-15-12-27-11-14-33(43)22-31(27)23-34)24-36(35)41(51)48-26-30-10-8-7-9-28(30)21-32-25-38(49)39(32)48/h7-18,22-24,32,38-39,49H,3-6,19-21,25-26H2,1-2H3,(H,46,50)/t32-,38+,39?/m0/s1. The first kappa shape index (κ1) is 37.9. The summed E-state index contributed by atoms with van der Waals surface area (Å²) in [6.07, 6.45) is 6.34. The number of rotatable bonds is 12. The van der Waals surface area contributed by atoms with Gasteiger partial charge in [-0.2, -0.15) is 0 Å². The molecule has 10 nitrogen and oxygen atoms in total. The largest absolute Gasteiger partial charge is 0.391 e. The highest BCUT2D eigenvalue weighted by Gasteiger charge is 2.47. The zero-order valence-electron chi connectivity index (χ0n) is 30.4. The lowest BCUT2D eigenvalue weighted by Gasteiger charge is -2.47. The molecular weight excluding hydrogens is 813 g/mol. The number of sulfonamides is 1. The van der Waals surface area contributed by atoms with Gasteiger partial charge in [0.05, 0.1) is 22.7 Å². The van der Waals surface area contributed by atoms with Crippen LogP contribution in [0.1, 0.15) is 77.8 Å². The van der Waals surface area contributed by atoms with Crippen molar-refractivity contribution in [3.8, 4) is 11.3 Å². The molecule has 1 aliphatic carbocycles. The summed E-state index contributed by atoms with van der Waals surface area (Å²) in [4.78, 5) is 42.1. The summed E-state index contributed by atoms with van der Waals surface area (Å²) >= 11 is 2.17. The first-order valence-corrected chi connectivity index (χ1v) is 21.2. The normalized spacial score (nSPS) is 17.9. The molecule has 1 aliphatic heterocycles. The average Bonchev–Trinajstić information content (AvgIpc) is 3.30. The third kappa shape index (κ3) is 7.87. The van der Waals surface area contributed by atoms with Crippen molar-refractivity contribution in [1.29, 1.82) is 0 Å². The van der Waals surface area contributed by atoms with Crippen LogP contribution in [0.15, 0.2) is 96.0 Å². The van der Waals surface area contributed by atoms with Gasteiger partial charge in [0.15, 0.2) is 0 Å². The smallest absolute Gasteiger partial charge is 0.265 e. The first-order valence-electron chi connectivity index (χ1n) is 18.6. The molecule has 0 radical (unpaired) electrons. The zero-order valence-corrected chi connectivity index (χ0v) is 33.4. The molecule has 1 saturated carbocycles. The fraction of sp³-hybridized carbons (Fsp3) is 0.333. The first-order chi connectivity index (χ1) is 26.1. The van der Waals surface area contributed by atoms with Gasteiger partial charge in [-0.1, -0.05) is 69.2 Å². The number of carbonyl (C=O) groups is 2. The van der Waals surface area contributed by atoms with Crippen LogP contribution >= 0.6 is 22.6 Å². The fourth-order valence-electron chi connectivity index (χ4n) is 7.57. The van der Waals surface area contributed by atoms with Gasteiger partial charge in [-0.05, 0) is 119 Å². The Labute approximate surface area is 330 Å². The molecule has 0 spiro atoms. The Morgan fingerprint density at radius 1 is 0.926 bits per heavy atom. The molecule has 5 aromatic rings. The van der Waals surface area contributed by atoms with Gasteiger partial charge in [-0.15, -0.1) is 0 Å². The van der Waals surface area contributed by atoms with E-state index in [0.717, 1.165) is 70.7 Å². The maximum absolute atomic E-state index is 14.9. The van der Waals surface area contributed by atoms with Gasteiger partial charge in [-0.25, -0.2) is 23.1 Å². The second kappa shape index (κ2) is 16.1. The molecule has 12 heteroatoms. The molecule has 2 heterocycles. The lowest BCUT2D eigenvalue weighted by atomic mass is 9.73. The van der Waals surface area contributed by atoms with Gasteiger partial charge in [0, 0.05) is 46.1 Å². The Hall–Kier alpha value is -4.40. The van der Waals surface area contributed by atoms with Crippen LogP contribution in [0.2, 0.25) is 0 Å². The summed E-state index contributed by atoms with van der Waals surface area (Å²) < 4.78 is 30.3. The molecule has 2 N–H and O–H groups in total. The van der Waals surface area contributed by atoms with Crippen LogP contribution in [0.3, 0.4) is 0 Å². The highest BCUT2D eigenvalue weighted by Crippen LogP contribution is 2.41. The van der Waals surface area contributed by atoms with E-state index in [-0.39, 0.29) is 34.4 Å². The molecular formula is C42H44IN5O5S. The number of anilines is 1. The highest BCUT2D eigenvalue weighted by molar-refractivity contribution is 14.1. The van der Waals surface area contributed by atoms with Gasteiger partial charge in [-0.3, -0.25) is 9.59 Å². The Kier molecular flexibility index (Phi) is 11.3. The Morgan fingerprint density at radius 2 is 1.67 bits per heavy atom. The highest BCUT2D eigenvalue weighted by atomic mass is 127. The number of benzene rings is 4. The van der Waals surface area contributed by atoms with E-state index in [2.05, 4.69) is 57.1 Å². The molecule has 54 heavy (non-hydrogen) atoms. The second-order valence-corrected chi connectivity index (χ2v) is 17.2. The van der Waals surface area contributed by atoms with Crippen molar-refractivity contribution in [3.63, 3.8) is 0 Å². The van der Waals surface area contributed by atoms with Crippen LogP contribution in [-0.2, 0) is 23.0 Å². The summed E-state index contributed by atoms with van der Waals surface area (Å²) in [6.45, 7) is 6.16. The lowest BCUT2D eigenvalue weighted by molar-refractivity contribution is -0.0566. The molecule has 7 rings (SSSR count). The number of unbranched alkanes of at least 4 members (excludes halogenated alkanes) is 2. The van der Waals surface area contributed by atoms with Crippen LogP contribution in [0.25, 0.3) is 22.0 Å². The van der Waals surface area contributed by atoms with E-state index in [0.29, 0.717) is 23.6 Å². The summed E-state index contributed by atoms with van der Waals surface area (Å²) in [5, 5.41) is 12.7. The number of nitrogens with one attached hydrogen (secondary N) is 1. The van der Waals surface area contributed by atoms with Crippen LogP contribution in [-0.4, -0.2) is 65.4 Å². The number of halogens is 1. The number of nitrogens with zero attached hydrogens (tertiary/aromatic N) is 4. The molecule has 2 aliphatic rings. The van der Waals surface area contributed by atoms with Crippen molar-refractivity contribution in [1.82, 2.24) is 19.6 Å². The van der Waals surface area contributed by atoms with Gasteiger partial charge in [0.2, 0.25) is 5.95 Å². The summed E-state index contributed by atoms with van der Waals surface area (Å²) in [6, 6.07) is 24.4. The van der Waals surface area contributed by atoms with Crippen LogP contribution in [0.4, 0.5) is 5.95 Å². The molecule has 1 unspecified atom stereocenters. The number of aromatic nitrogens is 2. The maximum Gasteiger partial charge on any atom is 0.265 e. The third-order valence-electron chi connectivity index (χ3n) is 10.6. The fourth-order valence-corrected chi connectivity index (χ4v) is 9.09. The molecule has 280 valence electrons. The van der Waals surface area contributed by atoms with Crippen molar-refractivity contribution >= 4 is 61.1 Å². The zero-order chi connectivity index (χ0) is 38.0. The minimum Gasteiger partial charge on any atom is -0.391 e. The average molecular weight is 858 g/mol. The molecule has 1 aromatic heterocycles. The topological polar surface area (TPSA) is 133 Å². The van der Waals surface area contributed by atoms with E-state index in [1.165, 1.54) is 18.2 Å². The molecule has 4 aromatic carbocycles. The predicted octanol–water partition coefficient (Wildman–Crippen LogP) is 7.37. The van der Waals surface area contributed by atoms with Crippen molar-refractivity contribution in [3.05, 3.63) is 117 Å². The Bertz CT molecular complexity index is 2310. The quantitative estimate of drug-likeness (QED) is 0.124. The second-order valence-electron chi connectivity index (χ2n) is 14.2. The minimum absolute atomic E-state index is 0.00346. The van der Waals surface area contributed by atoms with E-state index in [1.54, 1.807) is 35.4 Å². The van der Waals surface area contributed by atoms with Crippen molar-refractivity contribution in [2.75, 3.05) is 18.0 Å². The number of aliphatic hydroxyl groups is 1. The van der Waals surface area contributed by atoms with Crippen LogP contribution < -0.4 is 9.62 Å². The van der Waals surface area contributed by atoms with Crippen molar-refractivity contribution in [2.45, 2.75) is 76.0 Å². The summed E-state index contributed by atoms with van der Waals surface area (Å²) in [5.74, 6) is -0.598. The van der Waals surface area contributed by atoms with Crippen LogP contribution in [0.5, 0.6) is 0 Å². The molecule has 1 fully saturated rings. The number of hydrogen-bond donors (Lipinski definition) is 2. The Balaban J connectivity index is 1.28. The number of aliphatic hydroxyl groups excluding tert-OH is 1. The van der Waals surface area contributed by atoms with Crippen molar-refractivity contribution in [2.24, 2.45) is 5.92 Å². The van der Waals surface area contributed by atoms with Gasteiger partial charge in [0.1, 0.15) is 0 Å². The number of amides is 2. The summed E-state index contributed by atoms with van der Waals surface area (Å²) in [7, 11) is -4.27. The number of fused-ring (bicyclic) bond motifs is 3. The molecule has 0 saturated heterocycles. The van der Waals surface area contributed by atoms with E-state index >= 15 is 0 Å². The molecule has 0 bridgehead atoms. The number of hydrogen-bond acceptors (Lipinski definition) is 8. The SMILES string of the molecule is CCCCN(CCCC)c1nccc(-c2ccc(C(=O)NS(=O)(=O)c3ccc4ccc(I)cc4c3)cc2C(=O)N2Cc3ccccc3C[C@H]3C[C@@H](O)C32)n1. The van der Waals surface area contributed by atoms with E-state index in [4.69, 9.17) is 4.98 Å². The monoisotopic (exact) mass is 857 g/mol. The van der Waals surface area contributed by atoms with E-state index in [1.807, 2.05) is 36.4 Å². The molecule has 2 amide bonds. The molecule has 3 atom stereocenters. The van der Waals surface area contributed by atoms with Gasteiger partial charge >= 0.3 is 0 Å². The van der Waals surface area contributed by atoms with Gasteiger partial charge < -0.3 is 14.9 Å². The minimum atomic E-state index is -4.27. The van der Waals surface area contributed by atoms with Gasteiger partial charge in [0.25, 0.3) is 21.8 Å². The predicted molar refractivity (Wildman–Crippen MR) is 219 cm³/mol. The third-order valence-corrected chi connectivity index (χ3v) is 12.6.